The van der Waals surface area contributed by atoms with E-state index in [4.69, 9.17) is 4.74 Å². The number of hydrogen-bond donors (Lipinski definition) is 2. The molecule has 4 rings (SSSR count). The first-order chi connectivity index (χ1) is 18.6. The van der Waals surface area contributed by atoms with Crippen molar-refractivity contribution in [1.82, 2.24) is 20.2 Å². The Morgan fingerprint density at radius 2 is 1.87 bits per heavy atom. The van der Waals surface area contributed by atoms with Crippen molar-refractivity contribution in [2.75, 3.05) is 32.6 Å². The number of ether oxygens (including phenoxy) is 1. The normalized spacial score (nSPS) is 17.6. The summed E-state index contributed by atoms with van der Waals surface area (Å²) in [5.74, 6) is 0.567. The summed E-state index contributed by atoms with van der Waals surface area (Å²) in [4.78, 5) is 23.2. The summed E-state index contributed by atoms with van der Waals surface area (Å²) in [5.41, 5.74) is 0.978. The fourth-order valence-electron chi connectivity index (χ4n) is 5.38. The van der Waals surface area contributed by atoms with Crippen molar-refractivity contribution in [2.45, 2.75) is 70.0 Å². The third kappa shape index (κ3) is 7.71. The number of benzene rings is 1. The van der Waals surface area contributed by atoms with E-state index < -0.39 is 11.7 Å². The molecule has 1 aromatic heterocycles. The molecular formula is C29H38F3N5O2. The summed E-state index contributed by atoms with van der Waals surface area (Å²) < 4.78 is 46.7. The Balaban J connectivity index is 1.47. The summed E-state index contributed by atoms with van der Waals surface area (Å²) in [6.45, 7) is 6.03. The maximum absolute atomic E-state index is 13.7. The van der Waals surface area contributed by atoms with Crippen LogP contribution in [0.25, 0.3) is 0 Å². The fraction of sp³-hybridized carbons (Fsp3) is 0.552. The number of amides is 1. The van der Waals surface area contributed by atoms with E-state index in [0.29, 0.717) is 29.3 Å². The molecule has 39 heavy (non-hydrogen) atoms. The number of likely N-dealkylation sites (tertiary alicyclic amines) is 1. The first kappa shape index (κ1) is 28.9. The lowest BCUT2D eigenvalue weighted by atomic mass is 9.82. The predicted molar refractivity (Wildman–Crippen MR) is 145 cm³/mol. The molecule has 2 heterocycles. The monoisotopic (exact) mass is 545 g/mol. The average molecular weight is 546 g/mol. The standard InChI is InChI=1S/C29H38F3N5O2/c1-19(20-7-5-4-6-8-20)9-11-24-23(29(30,31)32)18-33-28(35-24)36-25-12-10-21(17-26(25)39-3)27(38)34-22-13-15-37(2)16-14-22/h10,12,17-18,20,22H,1,4-9,11,13-16H2,2-3H3,(H,34,38)(H,33,35,36). The van der Waals surface area contributed by atoms with Crippen LogP contribution in [-0.4, -0.2) is 54.1 Å². The highest BCUT2D eigenvalue weighted by atomic mass is 19.4. The quantitative estimate of drug-likeness (QED) is 0.369. The van der Waals surface area contributed by atoms with Gasteiger partial charge in [0.2, 0.25) is 5.95 Å². The van der Waals surface area contributed by atoms with Crippen LogP contribution in [0.2, 0.25) is 0 Å². The summed E-state index contributed by atoms with van der Waals surface area (Å²) in [5, 5.41) is 6.04. The summed E-state index contributed by atoms with van der Waals surface area (Å²) in [6.07, 6.45) is 4.21. The van der Waals surface area contributed by atoms with Gasteiger partial charge in [-0.3, -0.25) is 4.79 Å². The number of aryl methyl sites for hydroxylation is 1. The number of carbonyl (C=O) groups excluding carboxylic acids is 1. The Kier molecular flexibility index (Phi) is 9.48. The van der Waals surface area contributed by atoms with Gasteiger partial charge in [-0.05, 0) is 82.8 Å². The highest BCUT2D eigenvalue weighted by molar-refractivity contribution is 5.95. The maximum atomic E-state index is 13.7. The van der Waals surface area contributed by atoms with Gasteiger partial charge in [-0.25, -0.2) is 9.97 Å². The van der Waals surface area contributed by atoms with Crippen LogP contribution in [0.5, 0.6) is 5.75 Å². The highest BCUT2D eigenvalue weighted by Crippen LogP contribution is 2.35. The number of anilines is 2. The van der Waals surface area contributed by atoms with Gasteiger partial charge in [0, 0.05) is 17.8 Å². The molecule has 0 unspecified atom stereocenters. The van der Waals surface area contributed by atoms with Gasteiger partial charge >= 0.3 is 6.18 Å². The van der Waals surface area contributed by atoms with Gasteiger partial charge in [0.25, 0.3) is 5.91 Å². The van der Waals surface area contributed by atoms with Gasteiger partial charge in [-0.15, -0.1) is 0 Å². The minimum atomic E-state index is -4.56. The zero-order valence-electron chi connectivity index (χ0n) is 22.7. The number of piperidine rings is 1. The third-order valence-corrected chi connectivity index (χ3v) is 7.80. The number of nitrogens with zero attached hydrogens (tertiary/aromatic N) is 3. The number of alkyl halides is 3. The first-order valence-electron chi connectivity index (χ1n) is 13.7. The van der Waals surface area contributed by atoms with Crippen LogP contribution in [0.4, 0.5) is 24.8 Å². The van der Waals surface area contributed by atoms with Crippen molar-refractivity contribution >= 4 is 17.5 Å². The van der Waals surface area contributed by atoms with Crippen LogP contribution >= 0.6 is 0 Å². The molecule has 1 saturated carbocycles. The summed E-state index contributed by atoms with van der Waals surface area (Å²) in [7, 11) is 3.53. The number of aromatic nitrogens is 2. The topological polar surface area (TPSA) is 79.4 Å². The molecule has 7 nitrogen and oxygen atoms in total. The Hall–Kier alpha value is -3.14. The van der Waals surface area contributed by atoms with Crippen LogP contribution < -0.4 is 15.4 Å². The van der Waals surface area contributed by atoms with Crippen LogP contribution in [0.1, 0.15) is 73.0 Å². The third-order valence-electron chi connectivity index (χ3n) is 7.80. The lowest BCUT2D eigenvalue weighted by Crippen LogP contribution is -2.43. The average Bonchev–Trinajstić information content (AvgIpc) is 2.93. The fourth-order valence-corrected chi connectivity index (χ4v) is 5.38. The van der Waals surface area contributed by atoms with E-state index in [-0.39, 0.29) is 30.0 Å². The number of hydrogen-bond acceptors (Lipinski definition) is 6. The molecule has 1 aliphatic carbocycles. The van der Waals surface area contributed by atoms with Crippen molar-refractivity contribution in [2.24, 2.45) is 5.92 Å². The smallest absolute Gasteiger partial charge is 0.419 e. The Labute approximate surface area is 228 Å². The van der Waals surface area contributed by atoms with Gasteiger partial charge in [-0.1, -0.05) is 31.4 Å². The van der Waals surface area contributed by atoms with Crippen LogP contribution in [0.15, 0.2) is 36.5 Å². The molecule has 1 aromatic carbocycles. The number of nitrogens with one attached hydrogen (secondary N) is 2. The van der Waals surface area contributed by atoms with E-state index in [1.807, 2.05) is 0 Å². The highest BCUT2D eigenvalue weighted by Gasteiger charge is 2.35. The molecule has 2 fully saturated rings. The minimum absolute atomic E-state index is 0.0307. The molecule has 2 aromatic rings. The molecule has 0 spiro atoms. The molecule has 0 atom stereocenters. The number of carbonyl (C=O) groups is 1. The maximum Gasteiger partial charge on any atom is 0.419 e. The largest absolute Gasteiger partial charge is 0.495 e. The van der Waals surface area contributed by atoms with Crippen molar-refractivity contribution in [3.05, 3.63) is 53.4 Å². The molecule has 0 bridgehead atoms. The molecule has 10 heteroatoms. The lowest BCUT2D eigenvalue weighted by Gasteiger charge is -2.29. The van der Waals surface area contributed by atoms with Crippen LogP contribution in [-0.2, 0) is 12.6 Å². The van der Waals surface area contributed by atoms with E-state index in [1.54, 1.807) is 18.2 Å². The van der Waals surface area contributed by atoms with Crippen molar-refractivity contribution in [3.8, 4) is 5.75 Å². The molecule has 212 valence electrons. The molecule has 1 amide bonds. The van der Waals surface area contributed by atoms with Crippen LogP contribution in [0, 0.1) is 5.92 Å². The van der Waals surface area contributed by atoms with Crippen LogP contribution in [0.3, 0.4) is 0 Å². The second-order valence-corrected chi connectivity index (χ2v) is 10.6. The number of allylic oxidation sites excluding steroid dienone is 1. The summed E-state index contributed by atoms with van der Waals surface area (Å²) >= 11 is 0. The number of methoxy groups -OCH3 is 1. The Bertz CT molecular complexity index is 1160. The summed E-state index contributed by atoms with van der Waals surface area (Å²) in [6, 6.07) is 5.01. The minimum Gasteiger partial charge on any atom is -0.495 e. The van der Waals surface area contributed by atoms with E-state index in [9.17, 15) is 18.0 Å². The van der Waals surface area contributed by atoms with Gasteiger partial charge in [0.15, 0.2) is 0 Å². The van der Waals surface area contributed by atoms with E-state index in [1.165, 1.54) is 13.5 Å². The lowest BCUT2D eigenvalue weighted by molar-refractivity contribution is -0.138. The molecule has 0 radical (unpaired) electrons. The number of rotatable bonds is 9. The first-order valence-corrected chi connectivity index (χ1v) is 13.7. The molecule has 1 saturated heterocycles. The molecule has 1 aliphatic heterocycles. The Morgan fingerprint density at radius 3 is 2.54 bits per heavy atom. The van der Waals surface area contributed by atoms with Gasteiger partial charge in [0.1, 0.15) is 5.75 Å². The predicted octanol–water partition coefficient (Wildman–Crippen LogP) is 6.14. The molecule has 2 N–H and O–H groups in total. The van der Waals surface area contributed by atoms with E-state index >= 15 is 0 Å². The van der Waals surface area contributed by atoms with Gasteiger partial charge in [-0.2, -0.15) is 13.2 Å². The van der Waals surface area contributed by atoms with Gasteiger partial charge < -0.3 is 20.3 Å². The molecule has 2 aliphatic rings. The van der Waals surface area contributed by atoms with Crippen molar-refractivity contribution < 1.29 is 22.7 Å². The van der Waals surface area contributed by atoms with Gasteiger partial charge in [0.05, 0.1) is 24.1 Å². The second-order valence-electron chi connectivity index (χ2n) is 10.6. The zero-order valence-corrected chi connectivity index (χ0v) is 22.7. The van der Waals surface area contributed by atoms with Crippen molar-refractivity contribution in [3.63, 3.8) is 0 Å². The van der Waals surface area contributed by atoms with Crippen molar-refractivity contribution in [1.29, 1.82) is 0 Å². The number of halogens is 3. The second kappa shape index (κ2) is 12.8. The molecular weight excluding hydrogens is 507 g/mol. The zero-order chi connectivity index (χ0) is 28.0. The SMILES string of the molecule is C=C(CCc1nc(Nc2ccc(C(=O)NC3CCN(C)CC3)cc2OC)ncc1C(F)(F)F)C1CCCCC1. The Morgan fingerprint density at radius 1 is 1.15 bits per heavy atom. The van der Waals surface area contributed by atoms with E-state index in [2.05, 4.69) is 39.1 Å². The van der Waals surface area contributed by atoms with E-state index in [0.717, 1.165) is 63.4 Å².